The summed E-state index contributed by atoms with van der Waals surface area (Å²) in [5.41, 5.74) is 0.372. The van der Waals surface area contributed by atoms with Gasteiger partial charge in [-0.05, 0) is 20.1 Å². The maximum Gasteiger partial charge on any atom is 0.281 e. The summed E-state index contributed by atoms with van der Waals surface area (Å²) in [5.74, 6) is 0.654. The SMILES string of the molecule is COCc1nc2sc(SC)nc2c(=O)n1C(C)C. The predicted octanol–water partition coefficient (Wildman–Crippen LogP) is 2.30. The minimum Gasteiger partial charge on any atom is -0.377 e. The average Bonchev–Trinajstić information content (AvgIpc) is 2.72. The van der Waals surface area contributed by atoms with Crippen LogP contribution < -0.4 is 5.56 Å². The molecule has 0 fully saturated rings. The fraction of sp³-hybridized carbons (Fsp3) is 0.545. The van der Waals surface area contributed by atoms with Gasteiger partial charge in [0.05, 0.1) is 0 Å². The lowest BCUT2D eigenvalue weighted by Gasteiger charge is -2.14. The van der Waals surface area contributed by atoms with Gasteiger partial charge in [-0.2, -0.15) is 0 Å². The van der Waals surface area contributed by atoms with Crippen LogP contribution in [0, 0.1) is 0 Å². The van der Waals surface area contributed by atoms with Gasteiger partial charge in [0.2, 0.25) is 0 Å². The molecule has 5 nitrogen and oxygen atoms in total. The van der Waals surface area contributed by atoms with E-state index in [0.29, 0.717) is 22.8 Å². The molecule has 0 N–H and O–H groups in total. The quantitative estimate of drug-likeness (QED) is 0.807. The maximum atomic E-state index is 12.4. The highest BCUT2D eigenvalue weighted by atomic mass is 32.2. The zero-order valence-corrected chi connectivity index (χ0v) is 12.4. The fourth-order valence-corrected chi connectivity index (χ4v) is 3.20. The van der Waals surface area contributed by atoms with E-state index in [9.17, 15) is 4.79 Å². The van der Waals surface area contributed by atoms with Crippen molar-refractivity contribution in [1.29, 1.82) is 0 Å². The fourth-order valence-electron chi connectivity index (χ4n) is 1.76. The van der Waals surface area contributed by atoms with Crippen LogP contribution in [-0.4, -0.2) is 27.9 Å². The number of fused-ring (bicyclic) bond motifs is 1. The Morgan fingerprint density at radius 3 is 2.72 bits per heavy atom. The van der Waals surface area contributed by atoms with Crippen LogP contribution in [0.3, 0.4) is 0 Å². The second-order valence-corrected chi connectivity index (χ2v) is 6.10. The first-order chi connectivity index (χ1) is 8.58. The Bertz CT molecular complexity index is 619. The van der Waals surface area contributed by atoms with Gasteiger partial charge in [0, 0.05) is 13.2 Å². The molecule has 98 valence electrons. The molecule has 2 aromatic rings. The van der Waals surface area contributed by atoms with Crippen LogP contribution in [0.2, 0.25) is 0 Å². The molecule has 2 aromatic heterocycles. The number of thioether (sulfide) groups is 1. The first kappa shape index (κ1) is 13.5. The zero-order chi connectivity index (χ0) is 13.3. The third-order valence-corrected chi connectivity index (χ3v) is 4.42. The van der Waals surface area contributed by atoms with Gasteiger partial charge in [0.15, 0.2) is 14.7 Å². The molecule has 0 aliphatic heterocycles. The summed E-state index contributed by atoms with van der Waals surface area (Å²) >= 11 is 2.97. The van der Waals surface area contributed by atoms with Crippen LogP contribution in [0.15, 0.2) is 9.13 Å². The molecule has 0 radical (unpaired) electrons. The minimum atomic E-state index is -0.0846. The molecule has 0 unspecified atom stereocenters. The second kappa shape index (κ2) is 5.38. The van der Waals surface area contributed by atoms with E-state index in [0.717, 1.165) is 4.34 Å². The van der Waals surface area contributed by atoms with E-state index >= 15 is 0 Å². The van der Waals surface area contributed by atoms with E-state index in [1.54, 1.807) is 11.7 Å². The maximum absolute atomic E-state index is 12.4. The van der Waals surface area contributed by atoms with E-state index in [-0.39, 0.29) is 11.6 Å². The monoisotopic (exact) mass is 285 g/mol. The Morgan fingerprint density at radius 1 is 1.44 bits per heavy atom. The Balaban J connectivity index is 2.74. The number of hydrogen-bond acceptors (Lipinski definition) is 6. The number of hydrogen-bond donors (Lipinski definition) is 0. The Morgan fingerprint density at radius 2 is 2.17 bits per heavy atom. The Labute approximate surface area is 113 Å². The lowest BCUT2D eigenvalue weighted by molar-refractivity contribution is 0.171. The van der Waals surface area contributed by atoms with Crippen LogP contribution in [0.1, 0.15) is 25.7 Å². The van der Waals surface area contributed by atoms with Crippen molar-refractivity contribution in [1.82, 2.24) is 14.5 Å². The van der Waals surface area contributed by atoms with Crippen molar-refractivity contribution in [2.24, 2.45) is 0 Å². The smallest absolute Gasteiger partial charge is 0.281 e. The molecule has 0 amide bonds. The van der Waals surface area contributed by atoms with Gasteiger partial charge in [0.1, 0.15) is 12.4 Å². The summed E-state index contributed by atoms with van der Waals surface area (Å²) in [4.78, 5) is 21.9. The second-order valence-electron chi connectivity index (χ2n) is 4.07. The van der Waals surface area contributed by atoms with Crippen molar-refractivity contribution in [3.63, 3.8) is 0 Å². The average molecular weight is 285 g/mol. The number of rotatable bonds is 4. The minimum absolute atomic E-state index is 0.0407. The van der Waals surface area contributed by atoms with Crippen molar-refractivity contribution in [2.75, 3.05) is 13.4 Å². The predicted molar refractivity (Wildman–Crippen MR) is 74.6 cm³/mol. The largest absolute Gasteiger partial charge is 0.377 e. The highest BCUT2D eigenvalue weighted by Gasteiger charge is 2.16. The van der Waals surface area contributed by atoms with Crippen molar-refractivity contribution >= 4 is 33.4 Å². The third-order valence-electron chi connectivity index (χ3n) is 2.48. The van der Waals surface area contributed by atoms with E-state index in [1.807, 2.05) is 20.1 Å². The summed E-state index contributed by atoms with van der Waals surface area (Å²) in [6, 6.07) is 0.0407. The molecule has 0 saturated carbocycles. The van der Waals surface area contributed by atoms with E-state index in [2.05, 4.69) is 9.97 Å². The van der Waals surface area contributed by atoms with Gasteiger partial charge in [-0.25, -0.2) is 9.97 Å². The molecule has 0 aromatic carbocycles. The number of methoxy groups -OCH3 is 1. The molecule has 0 spiro atoms. The first-order valence-electron chi connectivity index (χ1n) is 5.53. The molecule has 0 bridgehead atoms. The van der Waals surface area contributed by atoms with Crippen molar-refractivity contribution in [3.05, 3.63) is 16.2 Å². The van der Waals surface area contributed by atoms with Crippen molar-refractivity contribution < 1.29 is 4.74 Å². The van der Waals surface area contributed by atoms with Crippen molar-refractivity contribution in [3.8, 4) is 0 Å². The summed E-state index contributed by atoms with van der Waals surface area (Å²) < 4.78 is 7.62. The van der Waals surface area contributed by atoms with Crippen LogP contribution >= 0.6 is 23.1 Å². The van der Waals surface area contributed by atoms with Gasteiger partial charge < -0.3 is 4.74 Å². The molecular formula is C11H15N3O2S2. The molecule has 2 rings (SSSR count). The molecule has 2 heterocycles. The van der Waals surface area contributed by atoms with Gasteiger partial charge in [-0.15, -0.1) is 0 Å². The summed E-state index contributed by atoms with van der Waals surface area (Å²) in [5, 5.41) is 0. The van der Waals surface area contributed by atoms with Crippen LogP contribution in [-0.2, 0) is 11.3 Å². The van der Waals surface area contributed by atoms with E-state index in [1.165, 1.54) is 23.1 Å². The highest BCUT2D eigenvalue weighted by molar-refractivity contribution is 8.00. The Kier molecular flexibility index (Phi) is 4.04. The van der Waals surface area contributed by atoms with Gasteiger partial charge in [-0.1, -0.05) is 23.1 Å². The van der Waals surface area contributed by atoms with E-state index < -0.39 is 0 Å². The highest BCUT2D eigenvalue weighted by Crippen LogP contribution is 2.25. The molecular weight excluding hydrogens is 270 g/mol. The molecule has 18 heavy (non-hydrogen) atoms. The molecule has 7 heteroatoms. The number of thiazole rings is 1. The summed E-state index contributed by atoms with van der Waals surface area (Å²) in [6.45, 7) is 4.24. The first-order valence-corrected chi connectivity index (χ1v) is 7.57. The van der Waals surface area contributed by atoms with Crippen LogP contribution in [0.5, 0.6) is 0 Å². The summed E-state index contributed by atoms with van der Waals surface area (Å²) in [6.07, 6.45) is 1.94. The van der Waals surface area contributed by atoms with Crippen LogP contribution in [0.4, 0.5) is 0 Å². The standard InChI is InChI=1S/C11H15N3O2S2/c1-6(2)14-7(5-16-3)12-9-8(10(14)15)13-11(17-4)18-9/h6H,5H2,1-4H3. The number of ether oxygens (including phenoxy) is 1. The molecule has 0 aliphatic rings. The van der Waals surface area contributed by atoms with Gasteiger partial charge in [0.25, 0.3) is 5.56 Å². The van der Waals surface area contributed by atoms with E-state index in [4.69, 9.17) is 4.74 Å². The third kappa shape index (κ3) is 2.30. The van der Waals surface area contributed by atoms with Gasteiger partial charge in [-0.3, -0.25) is 9.36 Å². The lowest BCUT2D eigenvalue weighted by Crippen LogP contribution is -2.27. The van der Waals surface area contributed by atoms with Crippen LogP contribution in [0.25, 0.3) is 10.3 Å². The summed E-state index contributed by atoms with van der Waals surface area (Å²) in [7, 11) is 1.60. The topological polar surface area (TPSA) is 57.0 Å². The normalized spacial score (nSPS) is 11.6. The van der Waals surface area contributed by atoms with Crippen molar-refractivity contribution in [2.45, 2.75) is 30.8 Å². The number of aromatic nitrogens is 3. The lowest BCUT2D eigenvalue weighted by atomic mass is 10.3. The molecule has 0 saturated heterocycles. The molecule has 0 atom stereocenters. The number of nitrogens with zero attached hydrogens (tertiary/aromatic N) is 3. The van der Waals surface area contributed by atoms with Gasteiger partial charge >= 0.3 is 0 Å². The molecule has 0 aliphatic carbocycles. The Hall–Kier alpha value is -0.920. The zero-order valence-electron chi connectivity index (χ0n) is 10.8.